The van der Waals surface area contributed by atoms with Crippen molar-refractivity contribution in [1.82, 2.24) is 0 Å². The Bertz CT molecular complexity index is 455. The summed E-state index contributed by atoms with van der Waals surface area (Å²) in [6.07, 6.45) is 0. The van der Waals surface area contributed by atoms with Gasteiger partial charge in [-0.1, -0.05) is 18.2 Å². The molecular weight excluding hydrogens is 264 g/mol. The van der Waals surface area contributed by atoms with Crippen LogP contribution in [0, 0.1) is 0 Å². The van der Waals surface area contributed by atoms with Crippen molar-refractivity contribution in [3.63, 3.8) is 0 Å². The van der Waals surface area contributed by atoms with Crippen LogP contribution in [0.2, 0.25) is 0 Å². The van der Waals surface area contributed by atoms with E-state index in [1.54, 1.807) is 0 Å². The van der Waals surface area contributed by atoms with Crippen LogP contribution >= 0.6 is 11.8 Å². The van der Waals surface area contributed by atoms with Gasteiger partial charge in [0.05, 0.1) is 5.75 Å². The van der Waals surface area contributed by atoms with Crippen molar-refractivity contribution in [3.8, 4) is 0 Å². The van der Waals surface area contributed by atoms with Gasteiger partial charge in [0.1, 0.15) is 12.4 Å². The topological polar surface area (TPSA) is 80.7 Å². The molecular formula is C10H12O5S2. The van der Waals surface area contributed by atoms with Crippen molar-refractivity contribution < 1.29 is 22.5 Å². The second kappa shape index (κ2) is 6.63. The fraction of sp³-hybridized carbons (Fsp3) is 0.300. The Kier molecular flexibility index (Phi) is 5.46. The van der Waals surface area contributed by atoms with Gasteiger partial charge in [-0.2, -0.15) is 8.42 Å². The molecule has 0 saturated carbocycles. The highest BCUT2D eigenvalue weighted by atomic mass is 32.2. The third-order valence-electron chi connectivity index (χ3n) is 1.70. The van der Waals surface area contributed by atoms with E-state index < -0.39 is 21.8 Å². The number of thioether (sulfide) groups is 1. The zero-order chi connectivity index (χ0) is 12.7. The van der Waals surface area contributed by atoms with Gasteiger partial charge < -0.3 is 4.74 Å². The van der Waals surface area contributed by atoms with E-state index in [1.807, 2.05) is 30.3 Å². The summed E-state index contributed by atoms with van der Waals surface area (Å²) in [7, 11) is -4.07. The SMILES string of the molecule is O=C(CSc1ccccc1)OCCS(=O)(=O)O. The molecule has 1 aromatic carbocycles. The molecule has 0 heterocycles. The van der Waals surface area contributed by atoms with Crippen LogP contribution in [-0.4, -0.2) is 37.1 Å². The molecule has 94 valence electrons. The summed E-state index contributed by atoms with van der Waals surface area (Å²) in [4.78, 5) is 12.1. The lowest BCUT2D eigenvalue weighted by molar-refractivity contribution is -0.139. The van der Waals surface area contributed by atoms with Gasteiger partial charge in [0, 0.05) is 4.90 Å². The first-order valence-corrected chi connectivity index (χ1v) is 7.35. The Morgan fingerprint density at radius 1 is 1.29 bits per heavy atom. The number of carbonyl (C=O) groups excluding carboxylic acids is 1. The van der Waals surface area contributed by atoms with E-state index in [9.17, 15) is 13.2 Å². The molecule has 1 N–H and O–H groups in total. The fourth-order valence-corrected chi connectivity index (χ4v) is 1.97. The molecule has 0 bridgehead atoms. The standard InChI is InChI=1S/C10H12O5S2/c11-10(15-6-7-17(12,13)14)8-16-9-4-2-1-3-5-9/h1-5H,6-8H2,(H,12,13,14). The number of hydrogen-bond acceptors (Lipinski definition) is 5. The minimum atomic E-state index is -4.07. The second-order valence-corrected chi connectivity index (χ2v) is 5.73. The monoisotopic (exact) mass is 276 g/mol. The Morgan fingerprint density at radius 3 is 2.53 bits per heavy atom. The van der Waals surface area contributed by atoms with Crippen molar-refractivity contribution in [2.45, 2.75) is 4.90 Å². The summed E-state index contributed by atoms with van der Waals surface area (Å²) in [6, 6.07) is 9.29. The van der Waals surface area contributed by atoms with Crippen molar-refractivity contribution in [2.75, 3.05) is 18.1 Å². The van der Waals surface area contributed by atoms with Crippen LogP contribution in [0.25, 0.3) is 0 Å². The average molecular weight is 276 g/mol. The minimum Gasteiger partial charge on any atom is -0.464 e. The molecule has 0 aliphatic heterocycles. The predicted octanol–water partition coefficient (Wildman–Crippen LogP) is 1.21. The quantitative estimate of drug-likeness (QED) is 0.478. The van der Waals surface area contributed by atoms with Crippen LogP contribution < -0.4 is 0 Å². The highest BCUT2D eigenvalue weighted by molar-refractivity contribution is 8.00. The molecule has 5 nitrogen and oxygen atoms in total. The van der Waals surface area contributed by atoms with Crippen LogP contribution in [-0.2, 0) is 19.6 Å². The lowest BCUT2D eigenvalue weighted by Gasteiger charge is -2.03. The van der Waals surface area contributed by atoms with E-state index in [2.05, 4.69) is 4.74 Å². The normalized spacial score (nSPS) is 11.1. The lowest BCUT2D eigenvalue weighted by atomic mass is 10.4. The average Bonchev–Trinajstić information content (AvgIpc) is 2.26. The van der Waals surface area contributed by atoms with Gasteiger partial charge in [-0.15, -0.1) is 11.8 Å². The largest absolute Gasteiger partial charge is 0.464 e. The summed E-state index contributed by atoms with van der Waals surface area (Å²) >= 11 is 1.30. The minimum absolute atomic E-state index is 0.107. The van der Waals surface area contributed by atoms with Crippen LogP contribution in [0.5, 0.6) is 0 Å². The van der Waals surface area contributed by atoms with Gasteiger partial charge in [-0.3, -0.25) is 9.35 Å². The van der Waals surface area contributed by atoms with Crippen LogP contribution in [0.4, 0.5) is 0 Å². The van der Waals surface area contributed by atoms with Gasteiger partial charge in [0.15, 0.2) is 0 Å². The first-order chi connectivity index (χ1) is 7.97. The van der Waals surface area contributed by atoms with Crippen LogP contribution in [0.15, 0.2) is 35.2 Å². The maximum absolute atomic E-state index is 11.2. The zero-order valence-corrected chi connectivity index (χ0v) is 10.5. The molecule has 0 spiro atoms. The smallest absolute Gasteiger partial charge is 0.316 e. The fourth-order valence-electron chi connectivity index (χ4n) is 0.961. The van der Waals surface area contributed by atoms with Gasteiger partial charge in [-0.05, 0) is 12.1 Å². The van der Waals surface area contributed by atoms with E-state index in [0.717, 1.165) is 4.90 Å². The number of rotatable bonds is 6. The number of esters is 1. The van der Waals surface area contributed by atoms with E-state index in [-0.39, 0.29) is 12.4 Å². The first-order valence-electron chi connectivity index (χ1n) is 4.76. The molecule has 1 rings (SSSR count). The Hall–Kier alpha value is -1.05. The molecule has 0 fully saturated rings. The molecule has 0 aliphatic carbocycles. The summed E-state index contributed by atoms with van der Waals surface area (Å²) in [5.41, 5.74) is 0. The third-order valence-corrected chi connectivity index (χ3v) is 3.37. The van der Waals surface area contributed by atoms with Gasteiger partial charge in [-0.25, -0.2) is 0 Å². The maximum atomic E-state index is 11.2. The third kappa shape index (κ3) is 6.98. The van der Waals surface area contributed by atoms with E-state index in [4.69, 9.17) is 4.55 Å². The van der Waals surface area contributed by atoms with Crippen molar-refractivity contribution in [2.24, 2.45) is 0 Å². The number of hydrogen-bond donors (Lipinski definition) is 1. The summed E-state index contributed by atoms with van der Waals surface area (Å²) in [5.74, 6) is -0.980. The summed E-state index contributed by atoms with van der Waals surface area (Å²) in [6.45, 7) is -0.326. The summed E-state index contributed by atoms with van der Waals surface area (Å²) in [5, 5.41) is 0. The molecule has 1 aromatic rings. The van der Waals surface area contributed by atoms with E-state index >= 15 is 0 Å². The first kappa shape index (κ1) is 14.0. The molecule has 17 heavy (non-hydrogen) atoms. The molecule has 7 heteroatoms. The van der Waals surface area contributed by atoms with Crippen LogP contribution in [0.1, 0.15) is 0 Å². The van der Waals surface area contributed by atoms with Gasteiger partial charge in [0.25, 0.3) is 10.1 Å². The molecule has 0 radical (unpaired) electrons. The maximum Gasteiger partial charge on any atom is 0.316 e. The molecule has 0 aliphatic rings. The number of ether oxygens (including phenoxy) is 1. The van der Waals surface area contributed by atoms with E-state index in [1.165, 1.54) is 11.8 Å². The van der Waals surface area contributed by atoms with Crippen LogP contribution in [0.3, 0.4) is 0 Å². The molecule has 0 aromatic heterocycles. The molecule has 0 atom stereocenters. The van der Waals surface area contributed by atoms with Crippen molar-refractivity contribution >= 4 is 27.8 Å². The molecule has 0 unspecified atom stereocenters. The second-order valence-electron chi connectivity index (χ2n) is 3.11. The molecule has 0 saturated heterocycles. The van der Waals surface area contributed by atoms with Crippen molar-refractivity contribution in [1.29, 1.82) is 0 Å². The predicted molar refractivity (Wildman–Crippen MR) is 64.5 cm³/mol. The number of benzene rings is 1. The Labute approximate surface area is 104 Å². The Morgan fingerprint density at radius 2 is 1.94 bits per heavy atom. The Balaban J connectivity index is 2.22. The highest BCUT2D eigenvalue weighted by Gasteiger charge is 2.08. The highest BCUT2D eigenvalue weighted by Crippen LogP contribution is 2.16. The molecule has 0 amide bonds. The zero-order valence-electron chi connectivity index (χ0n) is 8.90. The van der Waals surface area contributed by atoms with Gasteiger partial charge in [0.2, 0.25) is 0 Å². The van der Waals surface area contributed by atoms with E-state index in [0.29, 0.717) is 0 Å². The lowest BCUT2D eigenvalue weighted by Crippen LogP contribution is -2.15. The van der Waals surface area contributed by atoms with Crippen molar-refractivity contribution in [3.05, 3.63) is 30.3 Å². The number of carbonyl (C=O) groups is 1. The van der Waals surface area contributed by atoms with Gasteiger partial charge >= 0.3 is 5.97 Å². The summed E-state index contributed by atoms with van der Waals surface area (Å²) < 4.78 is 33.8.